The monoisotopic (exact) mass is 660 g/mol. The number of esters is 1. The van der Waals surface area contributed by atoms with Gasteiger partial charge in [0, 0.05) is 13.0 Å². The molecule has 0 aliphatic carbocycles. The minimum Gasteiger partial charge on any atom is -0.457 e. The molecule has 0 amide bonds. The van der Waals surface area contributed by atoms with Crippen LogP contribution >= 0.6 is 0 Å². The molecule has 6 unspecified atom stereocenters. The van der Waals surface area contributed by atoms with Crippen LogP contribution < -0.4 is 0 Å². The lowest BCUT2D eigenvalue weighted by Crippen LogP contribution is -2.60. The summed E-state index contributed by atoms with van der Waals surface area (Å²) in [7, 11) is -5.05. The summed E-state index contributed by atoms with van der Waals surface area (Å²) in [6, 6.07) is 0. The van der Waals surface area contributed by atoms with Gasteiger partial charge in [0.15, 0.2) is 6.29 Å². The third-order valence-electron chi connectivity index (χ3n) is 6.46. The second-order valence-corrected chi connectivity index (χ2v) is 11.3. The van der Waals surface area contributed by atoms with E-state index in [2.05, 4.69) is 71.9 Å². The molecule has 13 heteroatoms. The van der Waals surface area contributed by atoms with E-state index in [1.54, 1.807) is 6.92 Å². The largest absolute Gasteiger partial charge is 0.457 e. The summed E-state index contributed by atoms with van der Waals surface area (Å²) >= 11 is 0. The molecule has 1 aliphatic rings. The Bertz CT molecular complexity index is 1040. The van der Waals surface area contributed by atoms with Crippen molar-refractivity contribution in [3.05, 3.63) is 60.8 Å². The Morgan fingerprint density at radius 2 is 1.42 bits per heavy atom. The first-order chi connectivity index (χ1) is 21.6. The fourth-order valence-corrected chi connectivity index (χ4v) is 4.59. The smallest absolute Gasteiger partial charge is 0.397 e. The lowest BCUT2D eigenvalue weighted by molar-refractivity contribution is -0.301. The molecular weight excluding hydrogens is 608 g/mol. The Hall–Kier alpha value is -2.20. The van der Waals surface area contributed by atoms with Crippen LogP contribution in [0.4, 0.5) is 0 Å². The molecule has 1 heterocycles. The number of rotatable bonds is 24. The topological polar surface area (TPSA) is 178 Å². The first-order valence-electron chi connectivity index (χ1n) is 15.5. The van der Waals surface area contributed by atoms with Gasteiger partial charge in [-0.3, -0.25) is 9.35 Å². The van der Waals surface area contributed by atoms with Crippen LogP contribution in [0.1, 0.15) is 71.6 Å². The first-order valence-corrected chi connectivity index (χ1v) is 16.9. The number of hydrogen-bond acceptors (Lipinski definition) is 11. The molecule has 4 N–H and O–H groups in total. The minimum atomic E-state index is -5.05. The average Bonchev–Trinajstić information content (AvgIpc) is 3.00. The van der Waals surface area contributed by atoms with E-state index in [1.165, 1.54) is 0 Å². The summed E-state index contributed by atoms with van der Waals surface area (Å²) < 4.78 is 57.4. The number of carbonyl (C=O) groups is 1. The van der Waals surface area contributed by atoms with E-state index in [4.69, 9.17) is 23.5 Å². The van der Waals surface area contributed by atoms with Crippen LogP contribution in [-0.2, 0) is 38.3 Å². The molecule has 0 bridgehead atoms. The molecule has 0 aromatic rings. The number of ether oxygens (including phenoxy) is 4. The molecule has 0 saturated carbocycles. The third-order valence-corrected chi connectivity index (χ3v) is 6.92. The SMILES string of the molecule is CC/C=C\C/C=C\C/C=C\C/C=C\C/C=C\CCCCOCC(COC1OC(CO)C(O)C(OS(=O)(=O)O)C1O)OC(=O)CC. The van der Waals surface area contributed by atoms with Gasteiger partial charge in [-0.15, -0.1) is 0 Å². The van der Waals surface area contributed by atoms with Crippen molar-refractivity contribution in [3.63, 3.8) is 0 Å². The zero-order chi connectivity index (χ0) is 33.3. The second-order valence-electron chi connectivity index (χ2n) is 10.3. The van der Waals surface area contributed by atoms with Gasteiger partial charge in [0.05, 0.1) is 19.8 Å². The number of aliphatic hydroxyl groups is 3. The Kier molecular flexibility index (Phi) is 22.6. The number of hydrogen-bond donors (Lipinski definition) is 4. The molecule has 1 rings (SSSR count). The highest BCUT2D eigenvalue weighted by Gasteiger charge is 2.48. The van der Waals surface area contributed by atoms with Crippen molar-refractivity contribution in [1.82, 2.24) is 0 Å². The van der Waals surface area contributed by atoms with E-state index in [0.717, 1.165) is 51.4 Å². The van der Waals surface area contributed by atoms with E-state index in [0.29, 0.717) is 6.61 Å². The van der Waals surface area contributed by atoms with Gasteiger partial charge in [-0.25, -0.2) is 4.18 Å². The minimum absolute atomic E-state index is 0.00672. The summed E-state index contributed by atoms with van der Waals surface area (Å²) in [5.41, 5.74) is 0. The molecule has 45 heavy (non-hydrogen) atoms. The van der Waals surface area contributed by atoms with E-state index >= 15 is 0 Å². The highest BCUT2D eigenvalue weighted by atomic mass is 32.3. The number of allylic oxidation sites excluding steroid dienone is 10. The van der Waals surface area contributed by atoms with Gasteiger partial charge < -0.3 is 34.3 Å². The molecule has 1 fully saturated rings. The molecule has 12 nitrogen and oxygen atoms in total. The van der Waals surface area contributed by atoms with Crippen LogP contribution in [-0.4, -0.2) is 97.5 Å². The summed E-state index contributed by atoms with van der Waals surface area (Å²) in [5.74, 6) is -0.507. The molecule has 6 atom stereocenters. The van der Waals surface area contributed by atoms with Crippen molar-refractivity contribution < 1.29 is 56.2 Å². The summed E-state index contributed by atoms with van der Waals surface area (Å²) in [6.07, 6.45) is 19.7. The van der Waals surface area contributed by atoms with E-state index in [9.17, 15) is 28.5 Å². The highest BCUT2D eigenvalue weighted by molar-refractivity contribution is 7.80. The fraction of sp³-hybridized carbons (Fsp3) is 0.656. The van der Waals surface area contributed by atoms with E-state index < -0.39 is 59.8 Å². The van der Waals surface area contributed by atoms with Gasteiger partial charge in [0.1, 0.15) is 30.5 Å². The molecule has 0 spiro atoms. The van der Waals surface area contributed by atoms with Crippen LogP contribution in [0.5, 0.6) is 0 Å². The average molecular weight is 661 g/mol. The van der Waals surface area contributed by atoms with Gasteiger partial charge in [0.2, 0.25) is 0 Å². The Balaban J connectivity index is 2.34. The third kappa shape index (κ3) is 19.8. The van der Waals surface area contributed by atoms with Gasteiger partial charge >= 0.3 is 16.4 Å². The number of unbranched alkanes of at least 4 members (excludes halogenated alkanes) is 2. The second kappa shape index (κ2) is 25.0. The molecule has 0 aromatic carbocycles. The Labute approximate surface area is 268 Å². The summed E-state index contributed by atoms with van der Waals surface area (Å²) in [6.45, 7) is 3.09. The normalized spacial score (nSPS) is 23.7. The fourth-order valence-electron chi connectivity index (χ4n) is 4.08. The van der Waals surface area contributed by atoms with Crippen LogP contribution in [0, 0.1) is 0 Å². The number of carbonyl (C=O) groups excluding carboxylic acids is 1. The van der Waals surface area contributed by atoms with E-state index in [1.807, 2.05) is 0 Å². The van der Waals surface area contributed by atoms with Crippen LogP contribution in [0.2, 0.25) is 0 Å². The molecule has 0 aromatic heterocycles. The maximum Gasteiger partial charge on any atom is 0.397 e. The highest BCUT2D eigenvalue weighted by Crippen LogP contribution is 2.25. The van der Waals surface area contributed by atoms with Crippen molar-refractivity contribution in [2.45, 2.75) is 108 Å². The molecule has 1 saturated heterocycles. The number of aliphatic hydroxyl groups excluding tert-OH is 3. The van der Waals surface area contributed by atoms with Crippen LogP contribution in [0.25, 0.3) is 0 Å². The molecular formula is C32H52O12S. The Morgan fingerprint density at radius 1 is 0.844 bits per heavy atom. The Morgan fingerprint density at radius 3 is 1.96 bits per heavy atom. The molecule has 258 valence electrons. The summed E-state index contributed by atoms with van der Waals surface area (Å²) in [5, 5.41) is 30.0. The van der Waals surface area contributed by atoms with Crippen LogP contribution in [0.3, 0.4) is 0 Å². The molecule has 1 aliphatic heterocycles. The quantitative estimate of drug-likeness (QED) is 0.0509. The van der Waals surface area contributed by atoms with Crippen LogP contribution in [0.15, 0.2) is 60.8 Å². The van der Waals surface area contributed by atoms with Gasteiger partial charge in [0.25, 0.3) is 0 Å². The molecule has 0 radical (unpaired) electrons. The van der Waals surface area contributed by atoms with E-state index in [-0.39, 0.29) is 19.6 Å². The van der Waals surface area contributed by atoms with Crippen molar-refractivity contribution >= 4 is 16.4 Å². The predicted molar refractivity (Wildman–Crippen MR) is 169 cm³/mol. The van der Waals surface area contributed by atoms with Gasteiger partial charge in [-0.1, -0.05) is 74.6 Å². The van der Waals surface area contributed by atoms with Gasteiger partial charge in [-0.2, -0.15) is 8.42 Å². The predicted octanol–water partition coefficient (Wildman–Crippen LogP) is 3.89. The summed E-state index contributed by atoms with van der Waals surface area (Å²) in [4.78, 5) is 11.9. The standard InChI is InChI=1S/C32H52O12S/c1-3-5-6-7-8-9-10-11-12-13-14-15-16-17-18-19-20-21-22-40-24-26(42-28(34)4-2)25-41-32-30(36)31(44-45(37,38)39)29(35)27(23-33)43-32/h5-6,8-9,11-12,14-15,17-18,26-27,29-33,35-36H,3-4,7,10,13,16,19-25H2,1-2H3,(H,37,38,39)/b6-5-,9-8-,12-11-,15-14-,18-17-. The van der Waals surface area contributed by atoms with Crippen molar-refractivity contribution in [2.75, 3.05) is 26.4 Å². The zero-order valence-corrected chi connectivity index (χ0v) is 27.2. The van der Waals surface area contributed by atoms with Crippen molar-refractivity contribution in [3.8, 4) is 0 Å². The first kappa shape index (κ1) is 40.8. The maximum absolute atomic E-state index is 11.9. The van der Waals surface area contributed by atoms with Crippen molar-refractivity contribution in [1.29, 1.82) is 0 Å². The lowest BCUT2D eigenvalue weighted by Gasteiger charge is -2.41. The zero-order valence-electron chi connectivity index (χ0n) is 26.4. The van der Waals surface area contributed by atoms with Crippen molar-refractivity contribution in [2.24, 2.45) is 0 Å². The van der Waals surface area contributed by atoms with Gasteiger partial charge in [-0.05, 0) is 51.4 Å². The lowest BCUT2D eigenvalue weighted by atomic mass is 9.99. The maximum atomic E-state index is 11.9.